The van der Waals surface area contributed by atoms with Crippen molar-refractivity contribution in [2.45, 2.75) is 61.0 Å². The number of rotatable bonds is 8. The average Bonchev–Trinajstić information content (AvgIpc) is 3.11. The molecule has 3 fully saturated rings. The third kappa shape index (κ3) is 5.41. The van der Waals surface area contributed by atoms with Gasteiger partial charge in [0.1, 0.15) is 6.54 Å². The summed E-state index contributed by atoms with van der Waals surface area (Å²) >= 11 is 0. The summed E-state index contributed by atoms with van der Waals surface area (Å²) in [5.41, 5.74) is 1.36. The van der Waals surface area contributed by atoms with Gasteiger partial charge in [-0.2, -0.15) is 0 Å². The van der Waals surface area contributed by atoms with Gasteiger partial charge in [-0.15, -0.1) is 0 Å². The van der Waals surface area contributed by atoms with Crippen LogP contribution in [0.3, 0.4) is 0 Å². The van der Waals surface area contributed by atoms with Gasteiger partial charge in [0.2, 0.25) is 5.91 Å². The van der Waals surface area contributed by atoms with Crippen molar-refractivity contribution >= 4 is 27.5 Å². The highest BCUT2D eigenvalue weighted by Crippen LogP contribution is 2.49. The lowest BCUT2D eigenvalue weighted by atomic mass is 9.68. The molecule has 3 aliphatic rings. The van der Waals surface area contributed by atoms with Crippen LogP contribution in [0.5, 0.6) is 0 Å². The van der Waals surface area contributed by atoms with Crippen LogP contribution in [0.4, 0.5) is 10.5 Å². The van der Waals surface area contributed by atoms with Gasteiger partial charge in [-0.25, -0.2) is 18.2 Å². The number of hydrogen-bond donors (Lipinski definition) is 1. The van der Waals surface area contributed by atoms with E-state index in [-0.39, 0.29) is 34.6 Å². The summed E-state index contributed by atoms with van der Waals surface area (Å²) in [6, 6.07) is 13.5. The minimum absolute atomic E-state index is 0.0485. The van der Waals surface area contributed by atoms with Crippen molar-refractivity contribution in [2.75, 3.05) is 45.3 Å². The van der Waals surface area contributed by atoms with Crippen molar-refractivity contribution in [1.29, 1.82) is 0 Å². The molecule has 2 aromatic rings. The molecule has 1 aromatic heterocycles. The van der Waals surface area contributed by atoms with E-state index in [1.165, 1.54) is 30.3 Å². The van der Waals surface area contributed by atoms with Crippen LogP contribution >= 0.6 is 0 Å². The van der Waals surface area contributed by atoms with E-state index in [0.29, 0.717) is 18.2 Å². The molecule has 210 valence electrons. The van der Waals surface area contributed by atoms with E-state index >= 15 is 0 Å². The molecule has 1 saturated heterocycles. The smallest absolute Gasteiger partial charge is 0.321 e. The fourth-order valence-corrected chi connectivity index (χ4v) is 7.12. The lowest BCUT2D eigenvalue weighted by Crippen LogP contribution is -2.56. The van der Waals surface area contributed by atoms with Gasteiger partial charge in [0.25, 0.3) is 0 Å². The molecule has 2 saturated carbocycles. The van der Waals surface area contributed by atoms with E-state index in [2.05, 4.69) is 58.5 Å². The zero-order valence-electron chi connectivity index (χ0n) is 23.1. The van der Waals surface area contributed by atoms with Crippen molar-refractivity contribution in [1.82, 2.24) is 19.7 Å². The molecule has 1 spiro atoms. The Morgan fingerprint density at radius 1 is 1.08 bits per heavy atom. The molecular weight excluding hydrogens is 514 g/mol. The number of amides is 3. The molecule has 39 heavy (non-hydrogen) atoms. The number of nitrogens with zero attached hydrogens (tertiary/aromatic N) is 4. The third-order valence-electron chi connectivity index (χ3n) is 9.13. The SMILES string of the molecule is CN(C)[C@]1(c2ccccc2)CC[C@@]2(CC1)CN(CC(=O)Nc1ccc(S(C)(=O)=O)nc1)C(=O)N2CC1CCC1. The van der Waals surface area contributed by atoms with Crippen LogP contribution in [0.15, 0.2) is 53.7 Å². The summed E-state index contributed by atoms with van der Waals surface area (Å²) in [5.74, 6) is 0.217. The van der Waals surface area contributed by atoms with Gasteiger partial charge in [-0.05, 0) is 76.2 Å². The summed E-state index contributed by atoms with van der Waals surface area (Å²) in [5, 5.41) is 2.72. The Morgan fingerprint density at radius 3 is 2.31 bits per heavy atom. The van der Waals surface area contributed by atoms with E-state index in [0.717, 1.165) is 51.3 Å². The number of carbonyl (C=O) groups is 2. The molecule has 1 aliphatic heterocycles. The Bertz CT molecular complexity index is 1300. The molecule has 0 bridgehead atoms. The maximum Gasteiger partial charge on any atom is 0.321 e. The second-order valence-electron chi connectivity index (χ2n) is 11.8. The van der Waals surface area contributed by atoms with Gasteiger partial charge in [0, 0.05) is 24.9 Å². The highest BCUT2D eigenvalue weighted by molar-refractivity contribution is 7.90. The Kier molecular flexibility index (Phi) is 7.45. The quantitative estimate of drug-likeness (QED) is 0.535. The molecule has 2 aliphatic carbocycles. The van der Waals surface area contributed by atoms with Crippen LogP contribution < -0.4 is 5.32 Å². The molecule has 3 amide bonds. The highest BCUT2D eigenvalue weighted by Gasteiger charge is 2.55. The van der Waals surface area contributed by atoms with Gasteiger partial charge < -0.3 is 15.1 Å². The fourth-order valence-electron chi connectivity index (χ4n) is 6.56. The second kappa shape index (κ2) is 10.5. The maximum absolute atomic E-state index is 13.7. The number of hydrogen-bond acceptors (Lipinski definition) is 6. The van der Waals surface area contributed by atoms with Crippen LogP contribution in [0, 0.1) is 5.92 Å². The summed E-state index contributed by atoms with van der Waals surface area (Å²) in [7, 11) is 0.867. The zero-order valence-corrected chi connectivity index (χ0v) is 23.9. The first-order valence-electron chi connectivity index (χ1n) is 13.8. The summed E-state index contributed by atoms with van der Waals surface area (Å²) in [6.07, 6.45) is 9.59. The lowest BCUT2D eigenvalue weighted by Gasteiger charge is -2.51. The number of aromatic nitrogens is 1. The summed E-state index contributed by atoms with van der Waals surface area (Å²) in [6.45, 7) is 1.25. The van der Waals surface area contributed by atoms with Crippen LogP contribution in [-0.4, -0.2) is 85.6 Å². The standard InChI is InChI=1S/C29H39N5O4S/c1-32(2)29(23-10-5-4-6-11-23)16-14-28(15-17-29)21-33(27(36)34(28)19-22-8-7-9-22)20-25(35)31-24-12-13-26(30-18-24)39(3,37)38/h4-6,10-13,18,22H,7-9,14-17,19-21H2,1-3H3,(H,31,35)/t28-,29-. The topological polar surface area (TPSA) is 103 Å². The van der Waals surface area contributed by atoms with Gasteiger partial charge >= 0.3 is 6.03 Å². The molecule has 5 rings (SSSR count). The molecule has 10 heteroatoms. The normalized spacial score (nSPS) is 25.8. The molecule has 2 heterocycles. The number of sulfone groups is 1. The van der Waals surface area contributed by atoms with Gasteiger partial charge in [-0.1, -0.05) is 36.8 Å². The number of nitrogens with one attached hydrogen (secondary N) is 1. The summed E-state index contributed by atoms with van der Waals surface area (Å²) in [4.78, 5) is 36.8. The number of benzene rings is 1. The van der Waals surface area contributed by atoms with E-state index in [4.69, 9.17) is 0 Å². The Balaban J connectivity index is 1.31. The zero-order chi connectivity index (χ0) is 27.8. The minimum Gasteiger partial charge on any atom is -0.323 e. The van der Waals surface area contributed by atoms with E-state index in [1.54, 1.807) is 4.90 Å². The van der Waals surface area contributed by atoms with Crippen molar-refractivity contribution in [3.05, 3.63) is 54.2 Å². The predicted octanol–water partition coefficient (Wildman–Crippen LogP) is 3.73. The first-order chi connectivity index (χ1) is 18.5. The van der Waals surface area contributed by atoms with Crippen LogP contribution in [0.1, 0.15) is 50.5 Å². The first kappa shape index (κ1) is 27.6. The largest absolute Gasteiger partial charge is 0.323 e. The predicted molar refractivity (Wildman–Crippen MR) is 150 cm³/mol. The Morgan fingerprint density at radius 2 is 1.77 bits per heavy atom. The van der Waals surface area contributed by atoms with Crippen molar-refractivity contribution in [2.24, 2.45) is 5.92 Å². The molecule has 0 radical (unpaired) electrons. The molecular formula is C29H39N5O4S. The number of pyridine rings is 1. The fraction of sp³-hybridized carbons (Fsp3) is 0.552. The Labute approximate surface area is 231 Å². The molecule has 1 aromatic carbocycles. The number of carbonyl (C=O) groups excluding carboxylic acids is 2. The highest BCUT2D eigenvalue weighted by atomic mass is 32.2. The molecule has 9 nitrogen and oxygen atoms in total. The van der Waals surface area contributed by atoms with Crippen molar-refractivity contribution in [3.8, 4) is 0 Å². The van der Waals surface area contributed by atoms with Crippen molar-refractivity contribution < 1.29 is 18.0 Å². The minimum atomic E-state index is -3.42. The van der Waals surface area contributed by atoms with Crippen molar-refractivity contribution in [3.63, 3.8) is 0 Å². The van der Waals surface area contributed by atoms with E-state index < -0.39 is 9.84 Å². The van der Waals surface area contributed by atoms with Crippen LogP contribution in [0.2, 0.25) is 0 Å². The molecule has 0 atom stereocenters. The van der Waals surface area contributed by atoms with Gasteiger partial charge in [0.15, 0.2) is 14.9 Å². The van der Waals surface area contributed by atoms with E-state index in [1.807, 2.05) is 6.07 Å². The molecule has 1 N–H and O–H groups in total. The van der Waals surface area contributed by atoms with Gasteiger partial charge in [-0.3, -0.25) is 9.69 Å². The molecule has 0 unspecified atom stereocenters. The maximum atomic E-state index is 13.7. The summed E-state index contributed by atoms with van der Waals surface area (Å²) < 4.78 is 23.3. The number of urea groups is 1. The average molecular weight is 554 g/mol. The Hall–Kier alpha value is -2.98. The monoisotopic (exact) mass is 553 g/mol. The first-order valence-corrected chi connectivity index (χ1v) is 15.7. The van der Waals surface area contributed by atoms with E-state index in [9.17, 15) is 18.0 Å². The second-order valence-corrected chi connectivity index (χ2v) is 13.7. The number of anilines is 1. The van der Waals surface area contributed by atoms with Gasteiger partial charge in [0.05, 0.1) is 17.4 Å². The lowest BCUT2D eigenvalue weighted by molar-refractivity contribution is -0.116. The van der Waals surface area contributed by atoms with Crippen LogP contribution in [-0.2, 0) is 20.2 Å². The van der Waals surface area contributed by atoms with Crippen LogP contribution in [0.25, 0.3) is 0 Å². The third-order valence-corrected chi connectivity index (χ3v) is 10.1.